The van der Waals surface area contributed by atoms with Crippen molar-refractivity contribution in [3.63, 3.8) is 0 Å². The van der Waals surface area contributed by atoms with Crippen molar-refractivity contribution in [2.24, 2.45) is 0 Å². The van der Waals surface area contributed by atoms with Gasteiger partial charge in [0.25, 0.3) is 10.0 Å². The first-order valence-electron chi connectivity index (χ1n) is 10.6. The van der Waals surface area contributed by atoms with Gasteiger partial charge in [0.1, 0.15) is 0 Å². The number of carbonyl (C=O) groups is 1. The van der Waals surface area contributed by atoms with Crippen molar-refractivity contribution in [1.82, 2.24) is 13.9 Å². The minimum Gasteiger partial charge on any atom is -0.328 e. The number of rotatable bonds is 5. The van der Waals surface area contributed by atoms with Crippen LogP contribution < -0.4 is 5.32 Å². The number of nitrogens with zero attached hydrogens (tertiary/aromatic N) is 2. The molecule has 2 aromatic heterocycles. The van der Waals surface area contributed by atoms with E-state index in [4.69, 9.17) is 0 Å². The highest BCUT2D eigenvalue weighted by molar-refractivity contribution is 7.90. The molecule has 0 aliphatic heterocycles. The number of fused-ring (bicyclic) bond motifs is 2. The summed E-state index contributed by atoms with van der Waals surface area (Å²) in [4.78, 5) is 19.6. The molecule has 0 fully saturated rings. The number of para-hydroxylation sites is 1. The van der Waals surface area contributed by atoms with Crippen molar-refractivity contribution < 1.29 is 13.2 Å². The maximum absolute atomic E-state index is 13.9. The summed E-state index contributed by atoms with van der Waals surface area (Å²) in [7, 11) is -3.90. The fourth-order valence-electron chi connectivity index (χ4n) is 4.07. The Kier molecular flexibility index (Phi) is 5.02. The zero-order valence-corrected chi connectivity index (χ0v) is 19.0. The molecule has 1 amide bonds. The minimum atomic E-state index is -3.90. The number of aromatic nitrogens is 3. The van der Waals surface area contributed by atoms with E-state index in [9.17, 15) is 13.2 Å². The second-order valence-corrected chi connectivity index (χ2v) is 9.58. The minimum absolute atomic E-state index is 0.156. The Labute approximate surface area is 191 Å². The molecule has 0 unspecified atom stereocenters. The van der Waals surface area contributed by atoms with E-state index in [-0.39, 0.29) is 10.8 Å². The molecule has 2 heterocycles. The fraction of sp³-hybridized carbons (Fsp3) is 0.120. The summed E-state index contributed by atoms with van der Waals surface area (Å²) >= 11 is 0. The molecule has 5 rings (SSSR count). The summed E-state index contributed by atoms with van der Waals surface area (Å²) in [6.07, 6.45) is 1.94. The molecular formula is C25H22N4O3S. The Morgan fingerprint density at radius 2 is 1.70 bits per heavy atom. The fourth-order valence-corrected chi connectivity index (χ4v) is 5.65. The van der Waals surface area contributed by atoms with Gasteiger partial charge >= 0.3 is 0 Å². The van der Waals surface area contributed by atoms with E-state index in [2.05, 4.69) is 15.3 Å². The average molecular weight is 459 g/mol. The zero-order chi connectivity index (χ0) is 23.2. The number of carbonyl (C=O) groups excluding carboxylic acids is 1. The number of amides is 1. The van der Waals surface area contributed by atoms with Crippen LogP contribution in [0, 0.1) is 6.92 Å². The van der Waals surface area contributed by atoms with E-state index < -0.39 is 10.0 Å². The smallest absolute Gasteiger partial charge is 0.268 e. The van der Waals surface area contributed by atoms with Crippen LogP contribution in [0.2, 0.25) is 0 Å². The van der Waals surface area contributed by atoms with Crippen molar-refractivity contribution in [3.8, 4) is 11.3 Å². The Morgan fingerprint density at radius 1 is 1.00 bits per heavy atom. The van der Waals surface area contributed by atoms with Gasteiger partial charge in [0.05, 0.1) is 16.1 Å². The first kappa shape index (κ1) is 21.0. The molecule has 2 N–H and O–H groups in total. The molecule has 0 saturated carbocycles. The van der Waals surface area contributed by atoms with Gasteiger partial charge in [0.15, 0.2) is 0 Å². The number of H-pyrrole nitrogens is 1. The van der Waals surface area contributed by atoms with E-state index in [1.807, 2.05) is 55.5 Å². The van der Waals surface area contributed by atoms with Gasteiger partial charge in [0, 0.05) is 34.6 Å². The van der Waals surface area contributed by atoms with Crippen LogP contribution >= 0.6 is 0 Å². The number of aromatic amines is 1. The second kappa shape index (κ2) is 7.90. The van der Waals surface area contributed by atoms with Gasteiger partial charge in [0.2, 0.25) is 11.9 Å². The lowest BCUT2D eigenvalue weighted by molar-refractivity contribution is -0.115. The largest absolute Gasteiger partial charge is 0.328 e. The van der Waals surface area contributed by atoms with Crippen molar-refractivity contribution in [1.29, 1.82) is 0 Å². The predicted octanol–water partition coefficient (Wildman–Crippen LogP) is 5.08. The Hall–Kier alpha value is -3.91. The van der Waals surface area contributed by atoms with Gasteiger partial charge in [-0.25, -0.2) is 17.4 Å². The van der Waals surface area contributed by atoms with Crippen LogP contribution in [0.25, 0.3) is 32.9 Å². The number of hydrogen-bond acceptors (Lipinski definition) is 4. The summed E-state index contributed by atoms with van der Waals surface area (Å²) in [5.74, 6) is 0.180. The first-order valence-corrected chi connectivity index (χ1v) is 12.0. The molecule has 0 atom stereocenters. The first-order chi connectivity index (χ1) is 15.9. The zero-order valence-electron chi connectivity index (χ0n) is 18.2. The van der Waals surface area contributed by atoms with Gasteiger partial charge < -0.3 is 4.98 Å². The molecule has 0 saturated heterocycles. The number of hydrogen-bond donors (Lipinski definition) is 2. The molecule has 7 nitrogen and oxygen atoms in total. The molecule has 33 heavy (non-hydrogen) atoms. The number of anilines is 1. The van der Waals surface area contributed by atoms with Gasteiger partial charge in [-0.15, -0.1) is 0 Å². The highest BCUT2D eigenvalue weighted by atomic mass is 32.2. The normalized spacial score (nSPS) is 11.8. The van der Waals surface area contributed by atoms with Crippen molar-refractivity contribution in [3.05, 3.63) is 78.6 Å². The van der Waals surface area contributed by atoms with E-state index in [0.29, 0.717) is 34.5 Å². The third kappa shape index (κ3) is 3.48. The molecule has 0 aliphatic rings. The van der Waals surface area contributed by atoms with Gasteiger partial charge in [-0.1, -0.05) is 61.5 Å². The van der Waals surface area contributed by atoms with Gasteiger partial charge in [-0.3, -0.25) is 10.1 Å². The summed E-state index contributed by atoms with van der Waals surface area (Å²) < 4.78 is 29.0. The number of nitrogens with one attached hydrogen (secondary N) is 2. The lowest BCUT2D eigenvalue weighted by Gasteiger charge is -2.10. The highest BCUT2D eigenvalue weighted by Crippen LogP contribution is 2.35. The quantitative estimate of drug-likeness (QED) is 0.384. The van der Waals surface area contributed by atoms with Crippen molar-refractivity contribution >= 4 is 43.6 Å². The van der Waals surface area contributed by atoms with Gasteiger partial charge in [-0.05, 0) is 24.4 Å². The topological polar surface area (TPSA) is 96.8 Å². The summed E-state index contributed by atoms with van der Waals surface area (Å²) in [6.45, 7) is 3.60. The summed E-state index contributed by atoms with van der Waals surface area (Å²) in [5, 5.41) is 5.00. The lowest BCUT2D eigenvalue weighted by Crippen LogP contribution is -2.12. The number of imidazole rings is 1. The molecule has 0 aliphatic carbocycles. The molecule has 0 bridgehead atoms. The van der Waals surface area contributed by atoms with E-state index in [1.54, 1.807) is 31.3 Å². The van der Waals surface area contributed by atoms with Crippen LogP contribution in [0.3, 0.4) is 0 Å². The molecule has 8 heteroatoms. The standard InChI is InChI=1S/C25H22N4O3S/c1-3-23(30)27-25-26-16(2)24(28-25)20-15-29(21-13-7-6-12-19(20)21)33(31,32)22-14-8-10-17-9-4-5-11-18(17)22/h4-15H,3H2,1-2H3,(H2,26,27,28,30). The predicted molar refractivity (Wildman–Crippen MR) is 130 cm³/mol. The van der Waals surface area contributed by atoms with Crippen LogP contribution in [0.1, 0.15) is 19.0 Å². The van der Waals surface area contributed by atoms with Crippen LogP contribution in [-0.2, 0) is 14.8 Å². The molecular weight excluding hydrogens is 436 g/mol. The van der Waals surface area contributed by atoms with E-state index in [0.717, 1.165) is 16.5 Å². The third-order valence-electron chi connectivity index (χ3n) is 5.68. The Bertz CT molecular complexity index is 1630. The van der Waals surface area contributed by atoms with Crippen molar-refractivity contribution in [2.75, 3.05) is 5.32 Å². The SMILES string of the molecule is CCC(=O)Nc1nc(-c2cn(S(=O)(=O)c3cccc4ccccc34)c3ccccc23)c(C)[nH]1. The lowest BCUT2D eigenvalue weighted by atomic mass is 10.1. The van der Waals surface area contributed by atoms with Gasteiger partial charge in [-0.2, -0.15) is 0 Å². The molecule has 3 aromatic carbocycles. The summed E-state index contributed by atoms with van der Waals surface area (Å²) in [5.41, 5.74) is 2.54. The molecule has 5 aromatic rings. The molecule has 0 spiro atoms. The van der Waals surface area contributed by atoms with Crippen LogP contribution in [0.4, 0.5) is 5.95 Å². The van der Waals surface area contributed by atoms with E-state index >= 15 is 0 Å². The maximum Gasteiger partial charge on any atom is 0.268 e. The Morgan fingerprint density at radius 3 is 2.48 bits per heavy atom. The molecule has 0 radical (unpaired) electrons. The highest BCUT2D eigenvalue weighted by Gasteiger charge is 2.25. The number of benzene rings is 3. The maximum atomic E-state index is 13.9. The summed E-state index contributed by atoms with van der Waals surface area (Å²) in [6, 6.07) is 20.0. The Balaban J connectivity index is 1.72. The molecule has 166 valence electrons. The van der Waals surface area contributed by atoms with Crippen LogP contribution in [-0.4, -0.2) is 28.3 Å². The van der Waals surface area contributed by atoms with Crippen molar-refractivity contribution in [2.45, 2.75) is 25.2 Å². The number of aryl methyl sites for hydroxylation is 1. The second-order valence-electron chi connectivity index (χ2n) is 7.80. The average Bonchev–Trinajstić information content (AvgIpc) is 3.39. The van der Waals surface area contributed by atoms with E-state index in [1.165, 1.54) is 3.97 Å². The monoisotopic (exact) mass is 458 g/mol. The van der Waals surface area contributed by atoms with Crippen LogP contribution in [0.15, 0.2) is 77.8 Å². The van der Waals surface area contributed by atoms with Crippen LogP contribution in [0.5, 0.6) is 0 Å². The third-order valence-corrected chi connectivity index (χ3v) is 7.42.